The van der Waals surface area contributed by atoms with Gasteiger partial charge in [0, 0.05) is 23.1 Å². The van der Waals surface area contributed by atoms with E-state index in [1.165, 1.54) is 29.0 Å². The lowest BCUT2D eigenvalue weighted by Crippen LogP contribution is -2.13. The summed E-state index contributed by atoms with van der Waals surface area (Å²) in [7, 11) is 0. The number of hydrogen-bond donors (Lipinski definition) is 0. The van der Waals surface area contributed by atoms with Gasteiger partial charge in [0.25, 0.3) is 5.69 Å². The van der Waals surface area contributed by atoms with Crippen molar-refractivity contribution >= 4 is 23.2 Å². The Balaban J connectivity index is 1.99. The van der Waals surface area contributed by atoms with Crippen LogP contribution in [-0.2, 0) is 5.41 Å². The van der Waals surface area contributed by atoms with E-state index in [2.05, 4.69) is 49.6 Å². The number of non-ortho nitro benzene ring substituents is 1. The predicted molar refractivity (Wildman–Crippen MR) is 123 cm³/mol. The summed E-state index contributed by atoms with van der Waals surface area (Å²) in [6.07, 6.45) is 3.52. The van der Waals surface area contributed by atoms with Crippen LogP contribution in [0.4, 0.5) is 5.69 Å². The molecule has 3 aromatic rings. The zero-order valence-electron chi connectivity index (χ0n) is 17.3. The monoisotopic (exact) mass is 420 g/mol. The maximum absolute atomic E-state index is 10.9. The van der Waals surface area contributed by atoms with Crippen LogP contribution < -0.4 is 4.80 Å². The molecule has 0 amide bonds. The minimum absolute atomic E-state index is 0.0551. The van der Waals surface area contributed by atoms with Crippen LogP contribution in [0.25, 0.3) is 11.3 Å². The zero-order chi connectivity index (χ0) is 21.7. The highest BCUT2D eigenvalue weighted by molar-refractivity contribution is 7.07. The fourth-order valence-corrected chi connectivity index (χ4v) is 3.66. The molecule has 0 fully saturated rings. The van der Waals surface area contributed by atoms with Gasteiger partial charge in [0.2, 0.25) is 4.80 Å². The first-order valence-electron chi connectivity index (χ1n) is 9.51. The van der Waals surface area contributed by atoms with E-state index in [9.17, 15) is 10.1 Å². The lowest BCUT2D eigenvalue weighted by atomic mass is 9.87. The molecule has 0 N–H and O–H groups in total. The van der Waals surface area contributed by atoms with E-state index >= 15 is 0 Å². The van der Waals surface area contributed by atoms with Gasteiger partial charge in [-0.2, -0.15) is 5.10 Å². The first-order valence-corrected chi connectivity index (χ1v) is 10.4. The van der Waals surface area contributed by atoms with Gasteiger partial charge in [0.05, 0.1) is 23.4 Å². The fourth-order valence-electron chi connectivity index (χ4n) is 2.81. The maximum Gasteiger partial charge on any atom is 0.269 e. The van der Waals surface area contributed by atoms with E-state index in [1.807, 2.05) is 17.5 Å². The van der Waals surface area contributed by atoms with Gasteiger partial charge >= 0.3 is 0 Å². The molecule has 0 spiro atoms. The highest BCUT2D eigenvalue weighted by Gasteiger charge is 2.13. The van der Waals surface area contributed by atoms with Crippen LogP contribution in [0, 0.1) is 10.1 Å². The number of nitrogens with zero attached hydrogens (tertiary/aromatic N) is 4. The SMILES string of the molecule is C=CCN=c1scc(-c2ccc([N+](=O)[O-])cc2)n1N=Cc1ccc(C(C)(C)C)cc1. The van der Waals surface area contributed by atoms with Crippen molar-refractivity contribution in [1.29, 1.82) is 0 Å². The second-order valence-corrected chi connectivity index (χ2v) is 8.60. The summed E-state index contributed by atoms with van der Waals surface area (Å²) >= 11 is 1.46. The van der Waals surface area contributed by atoms with E-state index in [0.29, 0.717) is 6.54 Å². The van der Waals surface area contributed by atoms with E-state index in [-0.39, 0.29) is 11.1 Å². The molecule has 0 aliphatic carbocycles. The third-order valence-corrected chi connectivity index (χ3v) is 5.37. The topological polar surface area (TPSA) is 72.8 Å². The van der Waals surface area contributed by atoms with Crippen LogP contribution >= 0.6 is 11.3 Å². The van der Waals surface area contributed by atoms with E-state index < -0.39 is 4.92 Å². The third kappa shape index (κ3) is 4.99. The average molecular weight is 421 g/mol. The van der Waals surface area contributed by atoms with Gasteiger partial charge in [-0.3, -0.25) is 15.1 Å². The standard InChI is InChI=1S/C23H24N4O2S/c1-5-14-24-22-26(25-15-17-6-10-19(11-7-17)23(2,3)4)21(16-30-22)18-8-12-20(13-9-18)27(28)29/h5-13,15-16H,1,14H2,2-4H3. The van der Waals surface area contributed by atoms with Gasteiger partial charge < -0.3 is 0 Å². The molecule has 0 atom stereocenters. The molecule has 0 aliphatic rings. The minimum atomic E-state index is -0.407. The summed E-state index contributed by atoms with van der Waals surface area (Å²) in [5.74, 6) is 0. The Morgan fingerprint density at radius 2 is 1.80 bits per heavy atom. The molecule has 2 aromatic carbocycles. The summed E-state index contributed by atoms with van der Waals surface area (Å²) in [5.41, 5.74) is 4.04. The first kappa shape index (κ1) is 21.4. The maximum atomic E-state index is 10.9. The first-order chi connectivity index (χ1) is 14.3. The van der Waals surface area contributed by atoms with Crippen molar-refractivity contribution in [2.45, 2.75) is 26.2 Å². The Morgan fingerprint density at radius 3 is 2.37 bits per heavy atom. The molecular formula is C23H24N4O2S. The number of nitro benzene ring substituents is 1. The molecule has 0 unspecified atom stereocenters. The van der Waals surface area contributed by atoms with Crippen LogP contribution in [0.5, 0.6) is 0 Å². The van der Waals surface area contributed by atoms with Gasteiger partial charge in [0.1, 0.15) is 0 Å². The van der Waals surface area contributed by atoms with Crippen molar-refractivity contribution in [3.8, 4) is 11.3 Å². The van der Waals surface area contributed by atoms with Gasteiger partial charge in [-0.15, -0.1) is 17.9 Å². The number of hydrogen-bond acceptors (Lipinski definition) is 5. The largest absolute Gasteiger partial charge is 0.269 e. The summed E-state index contributed by atoms with van der Waals surface area (Å²) in [6, 6.07) is 14.7. The molecule has 0 bridgehead atoms. The van der Waals surface area contributed by atoms with E-state index in [4.69, 9.17) is 0 Å². The van der Waals surface area contributed by atoms with Crippen LogP contribution in [0.3, 0.4) is 0 Å². The lowest BCUT2D eigenvalue weighted by Gasteiger charge is -2.18. The highest BCUT2D eigenvalue weighted by atomic mass is 32.1. The van der Waals surface area contributed by atoms with Crippen molar-refractivity contribution in [1.82, 2.24) is 4.68 Å². The number of rotatable bonds is 6. The van der Waals surface area contributed by atoms with Crippen LogP contribution in [0.1, 0.15) is 31.9 Å². The Bertz CT molecular complexity index is 1130. The van der Waals surface area contributed by atoms with Gasteiger partial charge in [0.15, 0.2) is 0 Å². The average Bonchev–Trinajstić information content (AvgIpc) is 3.13. The molecule has 1 heterocycles. The molecule has 1 aromatic heterocycles. The van der Waals surface area contributed by atoms with Crippen molar-refractivity contribution in [2.24, 2.45) is 10.1 Å². The van der Waals surface area contributed by atoms with Gasteiger partial charge in [-0.05, 0) is 28.7 Å². The molecular weight excluding hydrogens is 396 g/mol. The summed E-state index contributed by atoms with van der Waals surface area (Å²) in [5, 5.41) is 17.5. The van der Waals surface area contributed by atoms with Crippen LogP contribution in [-0.4, -0.2) is 22.4 Å². The number of thiazole rings is 1. The summed E-state index contributed by atoms with van der Waals surface area (Å²) < 4.78 is 1.76. The van der Waals surface area contributed by atoms with E-state index in [1.54, 1.807) is 29.1 Å². The van der Waals surface area contributed by atoms with E-state index in [0.717, 1.165) is 21.6 Å². The molecule has 6 nitrogen and oxygen atoms in total. The van der Waals surface area contributed by atoms with Crippen LogP contribution in [0.15, 0.2) is 76.7 Å². The molecule has 0 saturated carbocycles. The fraction of sp³-hybridized carbons (Fsp3) is 0.217. The van der Waals surface area contributed by atoms with Gasteiger partial charge in [-0.1, -0.05) is 51.1 Å². The predicted octanol–water partition coefficient (Wildman–Crippen LogP) is 5.39. The molecule has 30 heavy (non-hydrogen) atoms. The van der Waals surface area contributed by atoms with Crippen molar-refractivity contribution < 1.29 is 4.92 Å². The lowest BCUT2D eigenvalue weighted by molar-refractivity contribution is -0.384. The molecule has 0 aliphatic heterocycles. The molecule has 3 rings (SSSR count). The molecule has 0 radical (unpaired) electrons. The highest BCUT2D eigenvalue weighted by Crippen LogP contribution is 2.24. The number of nitro groups is 1. The summed E-state index contributed by atoms with van der Waals surface area (Å²) in [6.45, 7) is 10.7. The van der Waals surface area contributed by atoms with Crippen LogP contribution in [0.2, 0.25) is 0 Å². The van der Waals surface area contributed by atoms with Crippen molar-refractivity contribution in [2.75, 3.05) is 6.54 Å². The van der Waals surface area contributed by atoms with Crippen molar-refractivity contribution in [3.63, 3.8) is 0 Å². The minimum Gasteiger partial charge on any atom is -0.258 e. The Labute approximate surface area is 179 Å². The number of aromatic nitrogens is 1. The second-order valence-electron chi connectivity index (χ2n) is 7.77. The Morgan fingerprint density at radius 1 is 1.13 bits per heavy atom. The quantitative estimate of drug-likeness (QED) is 0.232. The summed E-state index contributed by atoms with van der Waals surface area (Å²) in [4.78, 5) is 15.8. The molecule has 0 saturated heterocycles. The Kier molecular flexibility index (Phi) is 6.42. The Hall–Kier alpha value is -3.32. The zero-order valence-corrected chi connectivity index (χ0v) is 18.1. The van der Waals surface area contributed by atoms with Gasteiger partial charge in [-0.25, -0.2) is 4.68 Å². The second kappa shape index (κ2) is 9.00. The molecule has 154 valence electrons. The van der Waals surface area contributed by atoms with Crippen molar-refractivity contribution in [3.05, 3.63) is 92.6 Å². The smallest absolute Gasteiger partial charge is 0.258 e. The molecule has 7 heteroatoms. The normalized spacial score (nSPS) is 12.4. The third-order valence-electron chi connectivity index (χ3n) is 4.51. The number of benzene rings is 2.